The molecule has 0 aliphatic heterocycles. The van der Waals surface area contributed by atoms with Crippen LogP contribution in [0.15, 0.2) is 33.8 Å². The van der Waals surface area contributed by atoms with Crippen LogP contribution in [0.25, 0.3) is 0 Å². The van der Waals surface area contributed by atoms with Crippen LogP contribution in [0.4, 0.5) is 0 Å². The molecule has 0 bridgehead atoms. The molecule has 2 aromatic rings. The minimum atomic E-state index is -0.156. The van der Waals surface area contributed by atoms with E-state index >= 15 is 0 Å². The zero-order valence-electron chi connectivity index (χ0n) is 14.6. The molecule has 2 N–H and O–H groups in total. The summed E-state index contributed by atoms with van der Waals surface area (Å²) in [6, 6.07) is 7.67. The van der Waals surface area contributed by atoms with Gasteiger partial charge in [0.1, 0.15) is 0 Å². The Morgan fingerprint density at radius 2 is 2.08 bits per heavy atom. The summed E-state index contributed by atoms with van der Waals surface area (Å²) in [4.78, 5) is 8.95. The van der Waals surface area contributed by atoms with E-state index in [4.69, 9.17) is 16.1 Å². The first-order valence-electron chi connectivity index (χ1n) is 7.98. The molecular weight excluding hydrogens is 326 g/mol. The lowest BCUT2D eigenvalue weighted by Crippen LogP contribution is -2.37. The Morgan fingerprint density at radius 1 is 1.29 bits per heavy atom. The number of benzene rings is 1. The van der Waals surface area contributed by atoms with E-state index in [9.17, 15) is 0 Å². The molecule has 0 saturated heterocycles. The van der Waals surface area contributed by atoms with Crippen LogP contribution in [0.1, 0.15) is 45.0 Å². The summed E-state index contributed by atoms with van der Waals surface area (Å²) >= 11 is 5.99. The van der Waals surface area contributed by atoms with Crippen LogP contribution in [0.2, 0.25) is 5.02 Å². The fourth-order valence-corrected chi connectivity index (χ4v) is 2.15. The minimum Gasteiger partial charge on any atom is -0.357 e. The van der Waals surface area contributed by atoms with Gasteiger partial charge >= 0.3 is 0 Å². The topological polar surface area (TPSA) is 75.3 Å². The molecule has 130 valence electrons. The van der Waals surface area contributed by atoms with Crippen molar-refractivity contribution in [3.63, 3.8) is 0 Å². The molecule has 6 nitrogen and oxygen atoms in total. The zero-order valence-corrected chi connectivity index (χ0v) is 15.3. The van der Waals surface area contributed by atoms with Crippen LogP contribution in [0.5, 0.6) is 0 Å². The first kappa shape index (κ1) is 18.3. The SMILES string of the molecule is CCNC(=NCc1cccc(Cl)c1)NCc1noc(C(C)(C)C)n1. The van der Waals surface area contributed by atoms with Gasteiger partial charge in [0.05, 0.1) is 13.1 Å². The molecule has 0 unspecified atom stereocenters. The van der Waals surface area contributed by atoms with Crippen molar-refractivity contribution in [2.75, 3.05) is 6.54 Å². The monoisotopic (exact) mass is 349 g/mol. The number of nitrogens with one attached hydrogen (secondary N) is 2. The first-order chi connectivity index (χ1) is 11.4. The maximum absolute atomic E-state index is 5.99. The highest BCUT2D eigenvalue weighted by Gasteiger charge is 2.21. The van der Waals surface area contributed by atoms with E-state index in [-0.39, 0.29) is 5.41 Å². The van der Waals surface area contributed by atoms with E-state index in [0.29, 0.717) is 35.8 Å². The van der Waals surface area contributed by atoms with Crippen molar-refractivity contribution in [1.29, 1.82) is 0 Å². The number of nitrogens with zero attached hydrogens (tertiary/aromatic N) is 3. The van der Waals surface area contributed by atoms with Crippen LogP contribution < -0.4 is 10.6 Å². The molecule has 0 spiro atoms. The Hall–Kier alpha value is -2.08. The van der Waals surface area contributed by atoms with E-state index in [0.717, 1.165) is 12.1 Å². The predicted octanol–water partition coefficient (Wildman–Crippen LogP) is 3.28. The van der Waals surface area contributed by atoms with E-state index in [1.165, 1.54) is 0 Å². The molecule has 2 rings (SSSR count). The van der Waals surface area contributed by atoms with Crippen LogP contribution in [-0.4, -0.2) is 22.6 Å². The van der Waals surface area contributed by atoms with E-state index in [2.05, 4.69) is 25.8 Å². The lowest BCUT2D eigenvalue weighted by molar-refractivity contribution is 0.318. The van der Waals surface area contributed by atoms with Gasteiger partial charge in [-0.15, -0.1) is 0 Å². The summed E-state index contributed by atoms with van der Waals surface area (Å²) in [5, 5.41) is 11.1. The van der Waals surface area contributed by atoms with Gasteiger partial charge in [-0.05, 0) is 24.6 Å². The number of aromatic nitrogens is 2. The third kappa shape index (κ3) is 5.53. The quantitative estimate of drug-likeness (QED) is 0.640. The second kappa shape index (κ2) is 8.15. The number of halogens is 1. The molecule has 0 aliphatic rings. The Kier molecular flexibility index (Phi) is 6.20. The summed E-state index contributed by atoms with van der Waals surface area (Å²) in [7, 11) is 0. The second-order valence-electron chi connectivity index (χ2n) is 6.44. The molecular formula is C17H24ClN5O. The molecule has 1 heterocycles. The van der Waals surface area contributed by atoms with Crippen molar-refractivity contribution in [3.05, 3.63) is 46.6 Å². The Balaban J connectivity index is 1.98. The van der Waals surface area contributed by atoms with Gasteiger partial charge in [-0.25, -0.2) is 4.99 Å². The van der Waals surface area contributed by atoms with Crippen molar-refractivity contribution in [2.45, 2.75) is 46.2 Å². The van der Waals surface area contributed by atoms with Gasteiger partial charge < -0.3 is 15.2 Å². The molecule has 0 amide bonds. The summed E-state index contributed by atoms with van der Waals surface area (Å²) in [6.07, 6.45) is 0. The third-order valence-electron chi connectivity index (χ3n) is 3.18. The average molecular weight is 350 g/mol. The van der Waals surface area contributed by atoms with E-state index in [1.54, 1.807) is 0 Å². The lowest BCUT2D eigenvalue weighted by Gasteiger charge is -2.11. The molecule has 7 heteroatoms. The van der Waals surface area contributed by atoms with E-state index < -0.39 is 0 Å². The van der Waals surface area contributed by atoms with Crippen molar-refractivity contribution < 1.29 is 4.52 Å². The molecule has 1 aromatic carbocycles. The van der Waals surface area contributed by atoms with Crippen molar-refractivity contribution >= 4 is 17.6 Å². The van der Waals surface area contributed by atoms with Crippen LogP contribution in [0.3, 0.4) is 0 Å². The smallest absolute Gasteiger partial charge is 0.232 e. The molecule has 0 atom stereocenters. The van der Waals surface area contributed by atoms with Gasteiger partial charge in [-0.3, -0.25) is 0 Å². The number of hydrogen-bond acceptors (Lipinski definition) is 4. The highest BCUT2D eigenvalue weighted by Crippen LogP contribution is 2.19. The first-order valence-corrected chi connectivity index (χ1v) is 8.36. The maximum Gasteiger partial charge on any atom is 0.232 e. The van der Waals surface area contributed by atoms with Gasteiger partial charge in [0.2, 0.25) is 5.89 Å². The Morgan fingerprint density at radius 3 is 2.71 bits per heavy atom. The van der Waals surface area contributed by atoms with Crippen LogP contribution in [-0.2, 0) is 18.5 Å². The minimum absolute atomic E-state index is 0.156. The number of rotatable bonds is 5. The molecule has 0 fully saturated rings. The van der Waals surface area contributed by atoms with Gasteiger partial charge in [-0.2, -0.15) is 4.98 Å². The normalized spacial score (nSPS) is 12.3. The van der Waals surface area contributed by atoms with Gasteiger partial charge in [0, 0.05) is 17.0 Å². The standard InChI is InChI=1S/C17H24ClN5O/c1-5-19-16(20-10-12-7-6-8-13(18)9-12)21-11-14-22-15(24-23-14)17(2,3)4/h6-9H,5,10-11H2,1-4H3,(H2,19,20,21). The fraction of sp³-hybridized carbons (Fsp3) is 0.471. The molecule has 0 aliphatic carbocycles. The summed E-state index contributed by atoms with van der Waals surface area (Å²) in [5.74, 6) is 1.92. The third-order valence-corrected chi connectivity index (χ3v) is 3.41. The van der Waals surface area contributed by atoms with Crippen molar-refractivity contribution in [2.24, 2.45) is 4.99 Å². The van der Waals surface area contributed by atoms with Gasteiger partial charge in [0.15, 0.2) is 11.8 Å². The lowest BCUT2D eigenvalue weighted by atomic mass is 9.97. The molecule has 1 aromatic heterocycles. The van der Waals surface area contributed by atoms with Crippen LogP contribution >= 0.6 is 11.6 Å². The van der Waals surface area contributed by atoms with Crippen molar-refractivity contribution in [1.82, 2.24) is 20.8 Å². The van der Waals surface area contributed by atoms with Gasteiger partial charge in [-0.1, -0.05) is 49.7 Å². The second-order valence-corrected chi connectivity index (χ2v) is 6.88. The average Bonchev–Trinajstić information content (AvgIpc) is 2.99. The number of guanidine groups is 1. The summed E-state index contributed by atoms with van der Waals surface area (Å²) < 4.78 is 5.29. The largest absolute Gasteiger partial charge is 0.357 e. The Labute approximate surface area is 147 Å². The molecule has 0 saturated carbocycles. The zero-order chi connectivity index (χ0) is 17.6. The van der Waals surface area contributed by atoms with E-state index in [1.807, 2.05) is 52.0 Å². The summed E-state index contributed by atoms with van der Waals surface area (Å²) in [6.45, 7) is 9.87. The molecule has 24 heavy (non-hydrogen) atoms. The van der Waals surface area contributed by atoms with Crippen LogP contribution in [0, 0.1) is 0 Å². The summed E-state index contributed by atoms with van der Waals surface area (Å²) in [5.41, 5.74) is 0.894. The number of hydrogen-bond donors (Lipinski definition) is 2. The number of aliphatic imine (C=N–C) groups is 1. The van der Waals surface area contributed by atoms with Crippen molar-refractivity contribution in [3.8, 4) is 0 Å². The Bertz CT molecular complexity index is 690. The van der Waals surface area contributed by atoms with Gasteiger partial charge in [0.25, 0.3) is 0 Å². The highest BCUT2D eigenvalue weighted by atomic mass is 35.5. The maximum atomic E-state index is 5.99. The highest BCUT2D eigenvalue weighted by molar-refractivity contribution is 6.30. The predicted molar refractivity (Wildman–Crippen MR) is 96.1 cm³/mol. The molecule has 0 radical (unpaired) electrons. The fourth-order valence-electron chi connectivity index (χ4n) is 1.94.